The van der Waals surface area contributed by atoms with Gasteiger partial charge in [-0.3, -0.25) is 9.78 Å². The van der Waals surface area contributed by atoms with Crippen molar-refractivity contribution in [2.75, 3.05) is 11.9 Å². The van der Waals surface area contributed by atoms with Gasteiger partial charge in [-0.15, -0.1) is 0 Å². The zero-order valence-electron chi connectivity index (χ0n) is 7.99. The average Bonchev–Trinajstić information content (AvgIpc) is 2.82. The fraction of sp³-hybridized carbons (Fsp3) is 0.111. The zero-order chi connectivity index (χ0) is 10.7. The molecule has 2 rings (SSSR count). The van der Waals surface area contributed by atoms with E-state index in [4.69, 9.17) is 0 Å². The summed E-state index contributed by atoms with van der Waals surface area (Å²) in [6, 6.07) is 3.51. The first-order chi connectivity index (χ1) is 7.29. The van der Waals surface area contributed by atoms with E-state index in [2.05, 4.69) is 19.6 Å². The number of aromatic nitrogens is 3. The summed E-state index contributed by atoms with van der Waals surface area (Å²) < 4.78 is 4.67. The van der Waals surface area contributed by atoms with Gasteiger partial charge in [0, 0.05) is 13.2 Å². The molecule has 0 aliphatic heterocycles. The highest BCUT2D eigenvalue weighted by atomic mass is 16.5. The Labute approximate surface area is 85.5 Å². The Balaban J connectivity index is 2.23. The van der Waals surface area contributed by atoms with Gasteiger partial charge in [0.05, 0.1) is 11.9 Å². The molecule has 0 aliphatic carbocycles. The van der Waals surface area contributed by atoms with Gasteiger partial charge in [-0.1, -0.05) is 5.16 Å². The Hall–Kier alpha value is -2.24. The Morgan fingerprint density at radius 1 is 1.53 bits per heavy atom. The van der Waals surface area contributed by atoms with Crippen molar-refractivity contribution in [3.63, 3.8) is 0 Å². The third-order valence-corrected chi connectivity index (χ3v) is 1.88. The molecular formula is C9H8N4O2. The maximum atomic E-state index is 11.7. The van der Waals surface area contributed by atoms with Crippen LogP contribution in [0.3, 0.4) is 0 Å². The monoisotopic (exact) mass is 204 g/mol. The Bertz CT molecular complexity index is 440. The van der Waals surface area contributed by atoms with Crippen molar-refractivity contribution in [3.05, 3.63) is 36.7 Å². The first-order valence-electron chi connectivity index (χ1n) is 4.24. The number of amides is 1. The van der Waals surface area contributed by atoms with Crippen molar-refractivity contribution >= 4 is 11.6 Å². The van der Waals surface area contributed by atoms with E-state index in [1.165, 1.54) is 11.2 Å². The molecule has 2 heterocycles. The second-order valence-electron chi connectivity index (χ2n) is 2.82. The molecule has 0 saturated carbocycles. The number of carbonyl (C=O) groups excluding carboxylic acids is 1. The predicted molar refractivity (Wildman–Crippen MR) is 51.3 cm³/mol. The number of rotatable bonds is 2. The van der Waals surface area contributed by atoms with Crippen LogP contribution in [0.2, 0.25) is 0 Å². The Morgan fingerprint density at radius 2 is 2.40 bits per heavy atom. The van der Waals surface area contributed by atoms with Crippen LogP contribution in [0.5, 0.6) is 0 Å². The summed E-state index contributed by atoms with van der Waals surface area (Å²) in [5, 5.41) is 3.37. The molecule has 0 spiro atoms. The molecule has 2 aromatic rings. The van der Waals surface area contributed by atoms with Gasteiger partial charge in [-0.2, -0.15) is 4.98 Å². The minimum atomic E-state index is -0.361. The van der Waals surface area contributed by atoms with E-state index in [-0.39, 0.29) is 11.8 Å². The molecule has 0 bridgehead atoms. The van der Waals surface area contributed by atoms with Gasteiger partial charge in [0.1, 0.15) is 0 Å². The average molecular weight is 204 g/mol. The normalized spacial score (nSPS) is 9.93. The Morgan fingerprint density at radius 3 is 3.00 bits per heavy atom. The summed E-state index contributed by atoms with van der Waals surface area (Å²) in [6.45, 7) is 0. The van der Waals surface area contributed by atoms with E-state index < -0.39 is 0 Å². The number of hydrogen-bond acceptors (Lipinski definition) is 5. The van der Waals surface area contributed by atoms with Crippen LogP contribution in [0, 0.1) is 0 Å². The maximum absolute atomic E-state index is 11.7. The minimum absolute atomic E-state index is 0.0404. The quantitative estimate of drug-likeness (QED) is 0.721. The standard InChI is InChI=1S/C9H8N4O2/c1-13(7-3-2-4-10-5-7)9(14)8-11-6-12-15-8/h2-6H,1H3. The van der Waals surface area contributed by atoms with Crippen molar-refractivity contribution in [1.29, 1.82) is 0 Å². The van der Waals surface area contributed by atoms with Crippen LogP contribution in [-0.4, -0.2) is 28.1 Å². The van der Waals surface area contributed by atoms with Gasteiger partial charge in [-0.25, -0.2) is 0 Å². The van der Waals surface area contributed by atoms with Crippen LogP contribution in [-0.2, 0) is 0 Å². The third-order valence-electron chi connectivity index (χ3n) is 1.88. The largest absolute Gasteiger partial charge is 0.329 e. The molecule has 0 atom stereocenters. The second-order valence-corrected chi connectivity index (χ2v) is 2.82. The third kappa shape index (κ3) is 1.83. The highest BCUT2D eigenvalue weighted by Crippen LogP contribution is 2.11. The first-order valence-corrected chi connectivity index (χ1v) is 4.24. The molecule has 6 nitrogen and oxygen atoms in total. The van der Waals surface area contributed by atoms with E-state index in [0.29, 0.717) is 5.69 Å². The van der Waals surface area contributed by atoms with Gasteiger partial charge in [0.25, 0.3) is 0 Å². The van der Waals surface area contributed by atoms with E-state index in [0.717, 1.165) is 0 Å². The molecule has 0 aromatic carbocycles. The van der Waals surface area contributed by atoms with Gasteiger partial charge in [-0.05, 0) is 12.1 Å². The summed E-state index contributed by atoms with van der Waals surface area (Å²) in [7, 11) is 1.61. The lowest BCUT2D eigenvalue weighted by Gasteiger charge is -2.13. The van der Waals surface area contributed by atoms with Crippen LogP contribution in [0.4, 0.5) is 5.69 Å². The van der Waals surface area contributed by atoms with Crippen LogP contribution < -0.4 is 4.90 Å². The van der Waals surface area contributed by atoms with Crippen molar-refractivity contribution in [2.45, 2.75) is 0 Å². The summed E-state index contributed by atoms with van der Waals surface area (Å²) in [6.07, 6.45) is 4.40. The smallest absolute Gasteiger partial charge is 0.316 e. The first kappa shape index (κ1) is 9.32. The lowest BCUT2D eigenvalue weighted by atomic mass is 10.4. The fourth-order valence-corrected chi connectivity index (χ4v) is 1.08. The van der Waals surface area contributed by atoms with Gasteiger partial charge >= 0.3 is 11.8 Å². The highest BCUT2D eigenvalue weighted by Gasteiger charge is 2.18. The van der Waals surface area contributed by atoms with Gasteiger partial charge in [0.15, 0.2) is 6.33 Å². The predicted octanol–water partition coefficient (Wildman–Crippen LogP) is 0.741. The summed E-state index contributed by atoms with van der Waals surface area (Å²) in [5.74, 6) is -0.401. The van der Waals surface area contributed by atoms with Crippen molar-refractivity contribution in [1.82, 2.24) is 15.1 Å². The van der Waals surface area contributed by atoms with E-state index in [1.807, 2.05) is 0 Å². The van der Waals surface area contributed by atoms with Crippen LogP contribution in [0.15, 0.2) is 35.4 Å². The molecule has 0 N–H and O–H groups in total. The van der Waals surface area contributed by atoms with Crippen LogP contribution in [0.1, 0.15) is 10.7 Å². The number of hydrogen-bond donors (Lipinski definition) is 0. The summed E-state index contributed by atoms with van der Waals surface area (Å²) in [4.78, 5) is 20.7. The molecule has 0 aliphatic rings. The topological polar surface area (TPSA) is 72.1 Å². The SMILES string of the molecule is CN(C(=O)c1ncno1)c1cccnc1. The number of pyridine rings is 1. The van der Waals surface area contributed by atoms with Crippen molar-refractivity contribution in [2.24, 2.45) is 0 Å². The molecule has 0 unspecified atom stereocenters. The fourth-order valence-electron chi connectivity index (χ4n) is 1.08. The number of nitrogens with zero attached hydrogens (tertiary/aromatic N) is 4. The molecule has 0 fully saturated rings. The molecular weight excluding hydrogens is 196 g/mol. The van der Waals surface area contributed by atoms with Gasteiger partial charge in [0.2, 0.25) is 0 Å². The van der Waals surface area contributed by atoms with Gasteiger partial charge < -0.3 is 9.42 Å². The molecule has 0 saturated heterocycles. The van der Waals surface area contributed by atoms with E-state index in [1.54, 1.807) is 31.6 Å². The van der Waals surface area contributed by atoms with Crippen molar-refractivity contribution in [3.8, 4) is 0 Å². The maximum Gasteiger partial charge on any atom is 0.316 e. The number of carbonyl (C=O) groups is 1. The molecule has 0 radical (unpaired) electrons. The summed E-state index contributed by atoms with van der Waals surface area (Å²) >= 11 is 0. The minimum Gasteiger partial charge on any atom is -0.329 e. The summed E-state index contributed by atoms with van der Waals surface area (Å²) in [5.41, 5.74) is 0.667. The molecule has 6 heteroatoms. The molecule has 1 amide bonds. The molecule has 76 valence electrons. The highest BCUT2D eigenvalue weighted by molar-refractivity contribution is 6.02. The van der Waals surface area contributed by atoms with Crippen LogP contribution >= 0.6 is 0 Å². The zero-order valence-corrected chi connectivity index (χ0v) is 7.99. The second kappa shape index (κ2) is 3.87. The Kier molecular flexibility index (Phi) is 2.40. The number of anilines is 1. The molecule has 2 aromatic heterocycles. The van der Waals surface area contributed by atoms with E-state index in [9.17, 15) is 4.79 Å². The lowest BCUT2D eigenvalue weighted by Crippen LogP contribution is -2.26. The van der Waals surface area contributed by atoms with Crippen molar-refractivity contribution < 1.29 is 9.32 Å². The molecule has 15 heavy (non-hydrogen) atoms. The van der Waals surface area contributed by atoms with E-state index >= 15 is 0 Å². The van der Waals surface area contributed by atoms with Crippen LogP contribution in [0.25, 0.3) is 0 Å². The lowest BCUT2D eigenvalue weighted by molar-refractivity contribution is 0.0951.